The number of hydrogen-bond donors (Lipinski definition) is 2. The Balaban J connectivity index is 2.56. The van der Waals surface area contributed by atoms with E-state index in [-0.39, 0.29) is 6.04 Å². The van der Waals surface area contributed by atoms with Gasteiger partial charge in [0.2, 0.25) is 0 Å². The number of aryl methyl sites for hydroxylation is 1. The second-order valence-corrected chi connectivity index (χ2v) is 3.16. The Morgan fingerprint density at radius 3 is 3.00 bits per heavy atom. The van der Waals surface area contributed by atoms with Crippen LogP contribution >= 0.6 is 0 Å². The van der Waals surface area contributed by atoms with Crippen LogP contribution in [0.1, 0.15) is 17.2 Å². The van der Waals surface area contributed by atoms with Crippen molar-refractivity contribution in [2.24, 2.45) is 5.73 Å². The molecule has 0 bridgehead atoms. The highest BCUT2D eigenvalue weighted by Gasteiger charge is 2.21. The molecular weight excluding hydrogens is 152 g/mol. The number of ether oxygens (including phenoxy) is 1. The molecule has 64 valence electrons. The van der Waals surface area contributed by atoms with E-state index >= 15 is 0 Å². The summed E-state index contributed by atoms with van der Waals surface area (Å²) >= 11 is 0. The predicted octanol–water partition coefficient (Wildman–Crippen LogP) is 0.969. The Labute approximate surface area is 71.3 Å². The summed E-state index contributed by atoms with van der Waals surface area (Å²) in [5.41, 5.74) is 14.4. The smallest absolute Gasteiger partial charge is 0.126 e. The fraction of sp³-hybridized carbons (Fsp3) is 0.333. The van der Waals surface area contributed by atoms with Crippen LogP contribution in [0.15, 0.2) is 12.1 Å². The highest BCUT2D eigenvalue weighted by atomic mass is 16.5. The van der Waals surface area contributed by atoms with Crippen LogP contribution in [-0.4, -0.2) is 6.61 Å². The Morgan fingerprint density at radius 1 is 1.50 bits per heavy atom. The van der Waals surface area contributed by atoms with Crippen molar-refractivity contribution in [3.63, 3.8) is 0 Å². The molecule has 1 aliphatic rings. The molecule has 1 atom stereocenters. The van der Waals surface area contributed by atoms with Crippen LogP contribution in [0.25, 0.3) is 0 Å². The van der Waals surface area contributed by atoms with E-state index in [0.717, 1.165) is 22.6 Å². The van der Waals surface area contributed by atoms with Gasteiger partial charge in [-0.05, 0) is 18.6 Å². The lowest BCUT2D eigenvalue weighted by Gasteiger charge is -2.04. The summed E-state index contributed by atoms with van der Waals surface area (Å²) < 4.78 is 5.34. The SMILES string of the molecule is Cc1cc2c(cc1N)OCC2N. The van der Waals surface area contributed by atoms with Crippen molar-refractivity contribution in [3.8, 4) is 5.75 Å². The molecule has 1 aliphatic heterocycles. The largest absolute Gasteiger partial charge is 0.491 e. The first-order valence-electron chi connectivity index (χ1n) is 3.97. The average molecular weight is 164 g/mol. The van der Waals surface area contributed by atoms with E-state index in [0.29, 0.717) is 6.61 Å². The molecule has 2 rings (SSSR count). The molecule has 0 aliphatic carbocycles. The molecule has 0 radical (unpaired) electrons. The summed E-state index contributed by atoms with van der Waals surface area (Å²) in [6, 6.07) is 3.86. The van der Waals surface area contributed by atoms with Gasteiger partial charge < -0.3 is 16.2 Å². The summed E-state index contributed by atoms with van der Waals surface area (Å²) in [6.45, 7) is 2.54. The van der Waals surface area contributed by atoms with Crippen molar-refractivity contribution in [2.75, 3.05) is 12.3 Å². The fourth-order valence-corrected chi connectivity index (χ4v) is 1.41. The van der Waals surface area contributed by atoms with Gasteiger partial charge >= 0.3 is 0 Å². The van der Waals surface area contributed by atoms with E-state index in [4.69, 9.17) is 16.2 Å². The van der Waals surface area contributed by atoms with Gasteiger partial charge in [-0.1, -0.05) is 0 Å². The van der Waals surface area contributed by atoms with E-state index in [1.165, 1.54) is 0 Å². The van der Waals surface area contributed by atoms with Crippen LogP contribution < -0.4 is 16.2 Å². The van der Waals surface area contributed by atoms with Crippen molar-refractivity contribution >= 4 is 5.69 Å². The maximum Gasteiger partial charge on any atom is 0.126 e. The Bertz CT molecular complexity index is 323. The van der Waals surface area contributed by atoms with Crippen molar-refractivity contribution in [1.82, 2.24) is 0 Å². The molecule has 4 N–H and O–H groups in total. The number of nitrogens with two attached hydrogens (primary N) is 2. The Hall–Kier alpha value is -1.22. The minimum absolute atomic E-state index is 0.0132. The molecule has 12 heavy (non-hydrogen) atoms. The summed E-state index contributed by atoms with van der Waals surface area (Å²) in [7, 11) is 0. The van der Waals surface area contributed by atoms with Crippen LogP contribution in [0, 0.1) is 6.92 Å². The van der Waals surface area contributed by atoms with E-state index in [1.54, 1.807) is 0 Å². The van der Waals surface area contributed by atoms with E-state index in [1.807, 2.05) is 19.1 Å². The maximum atomic E-state index is 5.80. The van der Waals surface area contributed by atoms with Gasteiger partial charge in [0.1, 0.15) is 12.4 Å². The first kappa shape index (κ1) is 7.43. The molecule has 0 aromatic heterocycles. The third-order valence-electron chi connectivity index (χ3n) is 2.22. The minimum Gasteiger partial charge on any atom is -0.491 e. The average Bonchev–Trinajstić information content (AvgIpc) is 2.35. The van der Waals surface area contributed by atoms with E-state index in [2.05, 4.69) is 0 Å². The third-order valence-corrected chi connectivity index (χ3v) is 2.22. The molecule has 1 heterocycles. The van der Waals surface area contributed by atoms with Gasteiger partial charge in [-0.3, -0.25) is 0 Å². The minimum atomic E-state index is 0.0132. The zero-order chi connectivity index (χ0) is 8.72. The molecule has 0 saturated heterocycles. The number of benzene rings is 1. The van der Waals surface area contributed by atoms with E-state index in [9.17, 15) is 0 Å². The number of anilines is 1. The Kier molecular flexibility index (Phi) is 1.48. The van der Waals surface area contributed by atoms with Crippen molar-refractivity contribution in [1.29, 1.82) is 0 Å². The highest BCUT2D eigenvalue weighted by molar-refractivity contribution is 5.56. The predicted molar refractivity (Wildman–Crippen MR) is 48.0 cm³/mol. The zero-order valence-electron chi connectivity index (χ0n) is 7.00. The molecule has 0 amide bonds. The Morgan fingerprint density at radius 2 is 2.25 bits per heavy atom. The topological polar surface area (TPSA) is 61.3 Å². The molecule has 3 heteroatoms. The normalized spacial score (nSPS) is 20.3. The second-order valence-electron chi connectivity index (χ2n) is 3.16. The molecule has 3 nitrogen and oxygen atoms in total. The summed E-state index contributed by atoms with van der Waals surface area (Å²) in [4.78, 5) is 0. The van der Waals surface area contributed by atoms with Gasteiger partial charge in [0, 0.05) is 17.3 Å². The lowest BCUT2D eigenvalue weighted by Crippen LogP contribution is -2.10. The van der Waals surface area contributed by atoms with Crippen LogP contribution in [-0.2, 0) is 0 Å². The van der Waals surface area contributed by atoms with Gasteiger partial charge in [0.25, 0.3) is 0 Å². The van der Waals surface area contributed by atoms with Gasteiger partial charge in [-0.15, -0.1) is 0 Å². The van der Waals surface area contributed by atoms with E-state index < -0.39 is 0 Å². The summed E-state index contributed by atoms with van der Waals surface area (Å²) in [5, 5.41) is 0. The molecular formula is C9H12N2O. The molecule has 0 fully saturated rings. The maximum absolute atomic E-state index is 5.80. The number of rotatable bonds is 0. The van der Waals surface area contributed by atoms with Crippen LogP contribution in [0.5, 0.6) is 5.75 Å². The van der Waals surface area contributed by atoms with Gasteiger partial charge in [0.05, 0.1) is 6.04 Å². The van der Waals surface area contributed by atoms with Gasteiger partial charge in [0.15, 0.2) is 0 Å². The van der Waals surface area contributed by atoms with Crippen LogP contribution in [0.3, 0.4) is 0 Å². The number of fused-ring (bicyclic) bond motifs is 1. The first-order chi connectivity index (χ1) is 5.68. The van der Waals surface area contributed by atoms with Crippen LogP contribution in [0.4, 0.5) is 5.69 Å². The monoisotopic (exact) mass is 164 g/mol. The summed E-state index contributed by atoms with van der Waals surface area (Å²) in [6.07, 6.45) is 0. The zero-order valence-corrected chi connectivity index (χ0v) is 7.00. The lowest BCUT2D eigenvalue weighted by atomic mass is 10.1. The third kappa shape index (κ3) is 0.940. The number of hydrogen-bond acceptors (Lipinski definition) is 3. The molecule has 1 aromatic carbocycles. The molecule has 0 spiro atoms. The van der Waals surface area contributed by atoms with Crippen molar-refractivity contribution in [3.05, 3.63) is 23.3 Å². The fourth-order valence-electron chi connectivity index (χ4n) is 1.41. The molecule has 0 saturated carbocycles. The van der Waals surface area contributed by atoms with Gasteiger partial charge in [-0.2, -0.15) is 0 Å². The quantitative estimate of drug-likeness (QED) is 0.562. The molecule has 1 unspecified atom stereocenters. The second kappa shape index (κ2) is 2.38. The number of nitrogen functional groups attached to an aromatic ring is 1. The standard InChI is InChI=1S/C9H12N2O/c1-5-2-6-8(11)4-12-9(6)3-7(5)10/h2-3,8H,4,10-11H2,1H3. The molecule has 1 aromatic rings. The van der Waals surface area contributed by atoms with Gasteiger partial charge in [-0.25, -0.2) is 0 Å². The van der Waals surface area contributed by atoms with Crippen molar-refractivity contribution < 1.29 is 4.74 Å². The first-order valence-corrected chi connectivity index (χ1v) is 3.97. The lowest BCUT2D eigenvalue weighted by molar-refractivity contribution is 0.333. The summed E-state index contributed by atoms with van der Waals surface area (Å²) in [5.74, 6) is 0.839. The van der Waals surface area contributed by atoms with Crippen LogP contribution in [0.2, 0.25) is 0 Å². The highest BCUT2D eigenvalue weighted by Crippen LogP contribution is 2.34. The van der Waals surface area contributed by atoms with Crippen molar-refractivity contribution in [2.45, 2.75) is 13.0 Å².